The molecule has 1 aromatic carbocycles. The Kier molecular flexibility index (Phi) is 5.28. The minimum absolute atomic E-state index is 0.00660. The average molecular weight is 341 g/mol. The molecule has 0 saturated heterocycles. The lowest BCUT2D eigenvalue weighted by Crippen LogP contribution is -2.27. The second-order valence-corrected chi connectivity index (χ2v) is 6.17. The maximum Gasteiger partial charge on any atom is 0.226 e. The Morgan fingerprint density at radius 3 is 2.71 bits per heavy atom. The van der Waals surface area contributed by atoms with Gasteiger partial charge in [0.2, 0.25) is 5.91 Å². The molecule has 1 amide bonds. The summed E-state index contributed by atoms with van der Waals surface area (Å²) in [7, 11) is 1.65. The van der Waals surface area contributed by atoms with Crippen molar-refractivity contribution in [1.29, 1.82) is 0 Å². The first-order valence-electron chi connectivity index (χ1n) is 7.72. The standard InChI is InChI=1S/C18H19N3O2S/c1-23-16-6-4-14(5-7-16)8-9-19-17(22)12-15-13-24-18(20-15)21-10-2-3-11-21/h2-7,10-11,13H,8-9,12H2,1H3,(H,19,22). The Balaban J connectivity index is 1.45. The average Bonchev–Trinajstić information content (AvgIpc) is 3.27. The maximum atomic E-state index is 12.0. The molecule has 0 spiro atoms. The van der Waals surface area contributed by atoms with E-state index < -0.39 is 0 Å². The van der Waals surface area contributed by atoms with Gasteiger partial charge in [0.25, 0.3) is 0 Å². The molecule has 5 nitrogen and oxygen atoms in total. The summed E-state index contributed by atoms with van der Waals surface area (Å²) in [5.41, 5.74) is 1.96. The molecule has 24 heavy (non-hydrogen) atoms. The van der Waals surface area contributed by atoms with Crippen LogP contribution >= 0.6 is 11.3 Å². The Bertz CT molecular complexity index is 779. The minimum Gasteiger partial charge on any atom is -0.497 e. The van der Waals surface area contributed by atoms with Gasteiger partial charge >= 0.3 is 0 Å². The number of methoxy groups -OCH3 is 1. The summed E-state index contributed by atoms with van der Waals surface area (Å²) in [5.74, 6) is 0.831. The first-order valence-corrected chi connectivity index (χ1v) is 8.60. The second-order valence-electron chi connectivity index (χ2n) is 5.34. The van der Waals surface area contributed by atoms with E-state index in [1.807, 2.05) is 58.7 Å². The van der Waals surface area contributed by atoms with Gasteiger partial charge in [-0.25, -0.2) is 4.98 Å². The first-order chi connectivity index (χ1) is 11.7. The summed E-state index contributed by atoms with van der Waals surface area (Å²) >= 11 is 1.53. The molecule has 124 valence electrons. The molecule has 1 N–H and O–H groups in total. The van der Waals surface area contributed by atoms with Crippen molar-refractivity contribution >= 4 is 17.2 Å². The van der Waals surface area contributed by atoms with Gasteiger partial charge in [-0.15, -0.1) is 11.3 Å². The van der Waals surface area contributed by atoms with Gasteiger partial charge in [0.1, 0.15) is 5.75 Å². The number of aromatic nitrogens is 2. The number of ether oxygens (including phenoxy) is 1. The fourth-order valence-corrected chi connectivity index (χ4v) is 3.11. The highest BCUT2D eigenvalue weighted by Gasteiger charge is 2.08. The number of benzene rings is 1. The third kappa shape index (κ3) is 4.23. The highest BCUT2D eigenvalue weighted by atomic mass is 32.1. The van der Waals surface area contributed by atoms with Gasteiger partial charge in [0.15, 0.2) is 5.13 Å². The van der Waals surface area contributed by atoms with Crippen LogP contribution in [0.15, 0.2) is 54.2 Å². The summed E-state index contributed by atoms with van der Waals surface area (Å²) in [6.07, 6.45) is 4.98. The van der Waals surface area contributed by atoms with E-state index in [2.05, 4.69) is 10.3 Å². The zero-order chi connectivity index (χ0) is 16.8. The number of hydrogen-bond acceptors (Lipinski definition) is 4. The monoisotopic (exact) mass is 341 g/mol. The van der Waals surface area contributed by atoms with E-state index in [9.17, 15) is 4.79 Å². The van der Waals surface area contributed by atoms with E-state index >= 15 is 0 Å². The second kappa shape index (κ2) is 7.79. The van der Waals surface area contributed by atoms with Crippen LogP contribution in [-0.4, -0.2) is 29.1 Å². The van der Waals surface area contributed by atoms with Crippen molar-refractivity contribution in [2.75, 3.05) is 13.7 Å². The Morgan fingerprint density at radius 1 is 1.25 bits per heavy atom. The molecule has 0 bridgehead atoms. The van der Waals surface area contributed by atoms with Crippen LogP contribution in [0, 0.1) is 0 Å². The largest absolute Gasteiger partial charge is 0.497 e. The highest BCUT2D eigenvalue weighted by molar-refractivity contribution is 7.12. The minimum atomic E-state index is -0.00660. The van der Waals surface area contributed by atoms with E-state index in [4.69, 9.17) is 4.74 Å². The van der Waals surface area contributed by atoms with E-state index in [1.54, 1.807) is 7.11 Å². The van der Waals surface area contributed by atoms with Gasteiger partial charge in [0, 0.05) is 24.3 Å². The normalized spacial score (nSPS) is 10.5. The van der Waals surface area contributed by atoms with Crippen molar-refractivity contribution in [1.82, 2.24) is 14.9 Å². The zero-order valence-corrected chi connectivity index (χ0v) is 14.3. The van der Waals surface area contributed by atoms with Crippen LogP contribution in [-0.2, 0) is 17.6 Å². The number of rotatable bonds is 7. The number of carbonyl (C=O) groups is 1. The lowest BCUT2D eigenvalue weighted by molar-refractivity contribution is -0.120. The molecule has 2 aromatic heterocycles. The lowest BCUT2D eigenvalue weighted by atomic mass is 10.1. The van der Waals surface area contributed by atoms with Crippen molar-refractivity contribution in [3.8, 4) is 10.9 Å². The molecule has 0 unspecified atom stereocenters. The van der Waals surface area contributed by atoms with Gasteiger partial charge in [-0.2, -0.15) is 0 Å². The highest BCUT2D eigenvalue weighted by Crippen LogP contribution is 2.15. The quantitative estimate of drug-likeness (QED) is 0.719. The van der Waals surface area contributed by atoms with Crippen molar-refractivity contribution in [2.24, 2.45) is 0 Å². The predicted octanol–water partition coefficient (Wildman–Crippen LogP) is 2.84. The fraction of sp³-hybridized carbons (Fsp3) is 0.222. The number of amides is 1. The van der Waals surface area contributed by atoms with E-state index in [1.165, 1.54) is 16.9 Å². The van der Waals surface area contributed by atoms with Gasteiger partial charge in [0.05, 0.1) is 19.2 Å². The molecular formula is C18H19N3O2S. The molecule has 0 atom stereocenters. The molecule has 0 radical (unpaired) electrons. The molecule has 3 aromatic rings. The molecule has 0 saturated carbocycles. The maximum absolute atomic E-state index is 12.0. The molecular weight excluding hydrogens is 322 g/mol. The van der Waals surface area contributed by atoms with Gasteiger partial charge in [-0.05, 0) is 36.2 Å². The van der Waals surface area contributed by atoms with Crippen molar-refractivity contribution in [3.05, 3.63) is 65.4 Å². The van der Waals surface area contributed by atoms with Crippen LogP contribution < -0.4 is 10.1 Å². The van der Waals surface area contributed by atoms with Crippen LogP contribution in [0.4, 0.5) is 0 Å². The van der Waals surface area contributed by atoms with Crippen LogP contribution in [0.2, 0.25) is 0 Å². The van der Waals surface area contributed by atoms with E-state index in [0.717, 1.165) is 23.0 Å². The summed E-state index contributed by atoms with van der Waals surface area (Å²) in [6, 6.07) is 11.8. The zero-order valence-electron chi connectivity index (χ0n) is 13.4. The summed E-state index contributed by atoms with van der Waals surface area (Å²) in [4.78, 5) is 16.5. The number of nitrogens with one attached hydrogen (secondary N) is 1. The Labute approximate surface area is 144 Å². The molecule has 0 aliphatic carbocycles. The number of thiazole rings is 1. The topological polar surface area (TPSA) is 56.1 Å². The third-order valence-electron chi connectivity index (χ3n) is 3.60. The number of carbonyl (C=O) groups excluding carboxylic acids is 1. The smallest absolute Gasteiger partial charge is 0.226 e. The van der Waals surface area contributed by atoms with Crippen LogP contribution in [0.5, 0.6) is 5.75 Å². The van der Waals surface area contributed by atoms with Crippen LogP contribution in [0.25, 0.3) is 5.13 Å². The van der Waals surface area contributed by atoms with Crippen molar-refractivity contribution < 1.29 is 9.53 Å². The number of hydrogen-bond donors (Lipinski definition) is 1. The molecule has 2 heterocycles. The lowest BCUT2D eigenvalue weighted by Gasteiger charge is -2.05. The van der Waals surface area contributed by atoms with Gasteiger partial charge in [-0.1, -0.05) is 12.1 Å². The number of nitrogens with zero attached hydrogens (tertiary/aromatic N) is 2. The molecule has 0 aliphatic heterocycles. The molecule has 6 heteroatoms. The molecule has 3 rings (SSSR count). The first kappa shape index (κ1) is 16.3. The molecule has 0 aliphatic rings. The van der Waals surface area contributed by atoms with Gasteiger partial charge in [-0.3, -0.25) is 4.79 Å². The van der Waals surface area contributed by atoms with Crippen LogP contribution in [0.1, 0.15) is 11.3 Å². The fourth-order valence-electron chi connectivity index (χ4n) is 2.32. The Hall–Kier alpha value is -2.60. The Morgan fingerprint density at radius 2 is 2.00 bits per heavy atom. The van der Waals surface area contributed by atoms with Crippen LogP contribution in [0.3, 0.4) is 0 Å². The SMILES string of the molecule is COc1ccc(CCNC(=O)Cc2csc(-n3cccc3)n2)cc1. The summed E-state index contributed by atoms with van der Waals surface area (Å²) < 4.78 is 7.07. The van der Waals surface area contributed by atoms with E-state index in [-0.39, 0.29) is 5.91 Å². The summed E-state index contributed by atoms with van der Waals surface area (Å²) in [5, 5.41) is 5.74. The summed E-state index contributed by atoms with van der Waals surface area (Å²) in [6.45, 7) is 0.611. The third-order valence-corrected chi connectivity index (χ3v) is 4.50. The molecule has 0 fully saturated rings. The van der Waals surface area contributed by atoms with E-state index in [0.29, 0.717) is 13.0 Å². The van der Waals surface area contributed by atoms with Crippen molar-refractivity contribution in [3.63, 3.8) is 0 Å². The van der Waals surface area contributed by atoms with Gasteiger partial charge < -0.3 is 14.6 Å². The van der Waals surface area contributed by atoms with Crippen molar-refractivity contribution in [2.45, 2.75) is 12.8 Å². The predicted molar refractivity (Wildman–Crippen MR) is 94.9 cm³/mol.